The molecule has 9 heteroatoms. The first-order valence-corrected chi connectivity index (χ1v) is 10.4. The number of hydrogen-bond donors (Lipinski definition) is 1. The van der Waals surface area contributed by atoms with Gasteiger partial charge in [0.15, 0.2) is 5.13 Å². The number of nitrogens with zero attached hydrogens (tertiary/aromatic N) is 3. The van der Waals surface area contributed by atoms with Gasteiger partial charge in [0.1, 0.15) is 5.75 Å². The van der Waals surface area contributed by atoms with Crippen molar-refractivity contribution in [3.8, 4) is 17.0 Å². The van der Waals surface area contributed by atoms with Gasteiger partial charge in [0, 0.05) is 23.3 Å². The van der Waals surface area contributed by atoms with Crippen LogP contribution in [0.2, 0.25) is 0 Å². The van der Waals surface area contributed by atoms with Gasteiger partial charge in [-0.2, -0.15) is 13.2 Å². The van der Waals surface area contributed by atoms with Gasteiger partial charge in [-0.15, -0.1) is 11.3 Å². The molecule has 0 spiro atoms. The molecule has 0 saturated carbocycles. The molecule has 30 heavy (non-hydrogen) atoms. The minimum Gasteiger partial charge on any atom is -0.493 e. The molecule has 0 aliphatic carbocycles. The van der Waals surface area contributed by atoms with E-state index in [1.54, 1.807) is 23.7 Å². The molecule has 1 atom stereocenters. The van der Waals surface area contributed by atoms with Gasteiger partial charge in [0.05, 0.1) is 17.9 Å². The lowest BCUT2D eigenvalue weighted by Gasteiger charge is -2.19. The second-order valence-electron chi connectivity index (χ2n) is 7.48. The fourth-order valence-corrected chi connectivity index (χ4v) is 3.62. The highest BCUT2D eigenvalue weighted by atomic mass is 32.1. The predicted octanol–water partition coefficient (Wildman–Crippen LogP) is 6.42. The van der Waals surface area contributed by atoms with E-state index in [2.05, 4.69) is 34.1 Å². The monoisotopic (exact) mass is 436 g/mol. The van der Waals surface area contributed by atoms with Crippen LogP contribution in [0.4, 0.5) is 24.3 Å². The number of ether oxygens (including phenoxy) is 1. The van der Waals surface area contributed by atoms with Crippen LogP contribution >= 0.6 is 11.3 Å². The van der Waals surface area contributed by atoms with E-state index in [4.69, 9.17) is 4.74 Å². The van der Waals surface area contributed by atoms with E-state index in [9.17, 15) is 13.2 Å². The second-order valence-corrected chi connectivity index (χ2v) is 8.38. The summed E-state index contributed by atoms with van der Waals surface area (Å²) in [5, 5.41) is 5.33. The Hall–Kier alpha value is -2.68. The van der Waals surface area contributed by atoms with Crippen molar-refractivity contribution >= 4 is 22.4 Å². The summed E-state index contributed by atoms with van der Waals surface area (Å²) in [4.78, 5) is 12.5. The molecule has 2 heterocycles. The Morgan fingerprint density at radius 1 is 1.10 bits per heavy atom. The van der Waals surface area contributed by atoms with Crippen LogP contribution in [0, 0.1) is 11.8 Å². The van der Waals surface area contributed by atoms with Crippen molar-refractivity contribution in [1.82, 2.24) is 15.0 Å². The molecule has 0 bridgehead atoms. The van der Waals surface area contributed by atoms with Gasteiger partial charge >= 0.3 is 6.18 Å². The quantitative estimate of drug-likeness (QED) is 0.441. The van der Waals surface area contributed by atoms with Crippen LogP contribution in [0.3, 0.4) is 0 Å². The molecule has 0 aliphatic rings. The van der Waals surface area contributed by atoms with Crippen molar-refractivity contribution < 1.29 is 17.9 Å². The van der Waals surface area contributed by atoms with Crippen molar-refractivity contribution in [3.05, 3.63) is 47.6 Å². The average Bonchev–Trinajstić information content (AvgIpc) is 3.18. The summed E-state index contributed by atoms with van der Waals surface area (Å²) in [6, 6.07) is 5.56. The van der Waals surface area contributed by atoms with Crippen LogP contribution in [0.25, 0.3) is 11.3 Å². The number of alkyl halides is 3. The predicted molar refractivity (Wildman–Crippen MR) is 112 cm³/mol. The Kier molecular flexibility index (Phi) is 6.91. The summed E-state index contributed by atoms with van der Waals surface area (Å²) in [6.07, 6.45) is -0.534. The largest absolute Gasteiger partial charge is 0.493 e. The summed E-state index contributed by atoms with van der Waals surface area (Å²) in [7, 11) is 0. The highest BCUT2D eigenvalue weighted by Gasteiger charge is 2.35. The Morgan fingerprint density at radius 3 is 2.57 bits per heavy atom. The van der Waals surface area contributed by atoms with Gasteiger partial charge in [0.25, 0.3) is 0 Å². The van der Waals surface area contributed by atoms with Crippen molar-refractivity contribution in [3.63, 3.8) is 0 Å². The lowest BCUT2D eigenvalue weighted by molar-refractivity contribution is -0.139. The fraction of sp³-hybridized carbons (Fsp3) is 0.381. The number of benzene rings is 1. The summed E-state index contributed by atoms with van der Waals surface area (Å²) < 4.78 is 46.6. The van der Waals surface area contributed by atoms with Crippen molar-refractivity contribution in [2.45, 2.75) is 33.4 Å². The third-order valence-electron chi connectivity index (χ3n) is 4.28. The third-order valence-corrected chi connectivity index (χ3v) is 4.97. The van der Waals surface area contributed by atoms with Crippen LogP contribution in [0.1, 0.15) is 32.8 Å². The number of hydrogen-bond acceptors (Lipinski definition) is 6. The Bertz CT molecular complexity index is 961. The first-order chi connectivity index (χ1) is 14.2. The van der Waals surface area contributed by atoms with Crippen LogP contribution in [0.15, 0.2) is 42.0 Å². The van der Waals surface area contributed by atoms with Crippen molar-refractivity contribution in [2.24, 2.45) is 11.8 Å². The highest BCUT2D eigenvalue weighted by Crippen LogP contribution is 2.39. The molecule has 0 aliphatic heterocycles. The molecule has 5 nitrogen and oxygen atoms in total. The van der Waals surface area contributed by atoms with Gasteiger partial charge in [0.2, 0.25) is 5.95 Å². The molecule has 0 radical (unpaired) electrons. The minimum absolute atomic E-state index is 0.159. The summed E-state index contributed by atoms with van der Waals surface area (Å²) in [5.74, 6) is 0.709. The number of halogens is 3. The van der Waals surface area contributed by atoms with Crippen molar-refractivity contribution in [1.29, 1.82) is 0 Å². The number of nitrogens with one attached hydrogen (secondary N) is 1. The molecular weight excluding hydrogens is 413 g/mol. The maximum absolute atomic E-state index is 13.7. The second kappa shape index (κ2) is 9.42. The summed E-state index contributed by atoms with van der Waals surface area (Å²) in [6.45, 7) is 6.35. The van der Waals surface area contributed by atoms with Crippen LogP contribution in [-0.4, -0.2) is 21.6 Å². The Balaban J connectivity index is 1.84. The molecule has 1 aromatic carbocycles. The lowest BCUT2D eigenvalue weighted by atomic mass is 10.00. The van der Waals surface area contributed by atoms with Crippen LogP contribution in [-0.2, 0) is 6.18 Å². The van der Waals surface area contributed by atoms with Crippen LogP contribution < -0.4 is 10.1 Å². The van der Waals surface area contributed by atoms with Gasteiger partial charge < -0.3 is 10.1 Å². The van der Waals surface area contributed by atoms with E-state index >= 15 is 0 Å². The molecule has 2 aromatic heterocycles. The number of thiazole rings is 1. The maximum atomic E-state index is 13.7. The third kappa shape index (κ3) is 5.91. The van der Waals surface area contributed by atoms with E-state index in [1.807, 2.05) is 6.92 Å². The van der Waals surface area contributed by atoms with E-state index in [-0.39, 0.29) is 24.2 Å². The van der Waals surface area contributed by atoms with E-state index in [1.165, 1.54) is 23.6 Å². The molecular formula is C21H23F3N4OS. The highest BCUT2D eigenvalue weighted by molar-refractivity contribution is 7.13. The number of anilines is 2. The standard InChI is InChI=1S/C21H23F3N4OS/c1-13(2)10-14(3)12-29-18-5-4-15(11-16(18)21(22,23)24)17-6-7-25-19(27-17)28-20-26-8-9-30-20/h4-9,11,13-14H,10,12H2,1-3H3,(H,25,26,27,28). The first kappa shape index (κ1) is 22.0. The minimum atomic E-state index is -4.54. The number of rotatable bonds is 8. The summed E-state index contributed by atoms with van der Waals surface area (Å²) >= 11 is 1.37. The van der Waals surface area contributed by atoms with E-state index in [0.717, 1.165) is 12.5 Å². The molecule has 1 unspecified atom stereocenters. The maximum Gasteiger partial charge on any atom is 0.419 e. The molecule has 0 amide bonds. The van der Waals surface area contributed by atoms with Crippen LogP contribution in [0.5, 0.6) is 5.75 Å². The van der Waals surface area contributed by atoms with Gasteiger partial charge in [-0.1, -0.05) is 20.8 Å². The smallest absolute Gasteiger partial charge is 0.419 e. The zero-order chi connectivity index (χ0) is 21.7. The Morgan fingerprint density at radius 2 is 1.90 bits per heavy atom. The molecule has 0 fully saturated rings. The molecule has 160 valence electrons. The molecule has 3 aromatic rings. The molecule has 1 N–H and O–H groups in total. The normalized spacial score (nSPS) is 12.8. The summed E-state index contributed by atoms with van der Waals surface area (Å²) in [5.41, 5.74) is -0.117. The topological polar surface area (TPSA) is 59.9 Å². The fourth-order valence-electron chi connectivity index (χ4n) is 3.10. The average molecular weight is 437 g/mol. The van der Waals surface area contributed by atoms with Gasteiger partial charge in [-0.05, 0) is 42.5 Å². The zero-order valence-electron chi connectivity index (χ0n) is 16.9. The van der Waals surface area contributed by atoms with E-state index < -0.39 is 11.7 Å². The first-order valence-electron chi connectivity index (χ1n) is 9.56. The number of aromatic nitrogens is 3. The zero-order valence-corrected chi connectivity index (χ0v) is 17.7. The molecule has 3 rings (SSSR count). The van der Waals surface area contributed by atoms with Crippen molar-refractivity contribution in [2.75, 3.05) is 11.9 Å². The lowest BCUT2D eigenvalue weighted by Crippen LogP contribution is -2.14. The van der Waals surface area contributed by atoms with E-state index in [0.29, 0.717) is 22.3 Å². The SMILES string of the molecule is CC(C)CC(C)COc1ccc(-c2ccnc(Nc3nccs3)n2)cc1C(F)(F)F. The molecule has 0 saturated heterocycles. The van der Waals surface area contributed by atoms with Gasteiger partial charge in [-0.25, -0.2) is 15.0 Å². The Labute approximate surface area is 177 Å². The van der Waals surface area contributed by atoms with Gasteiger partial charge in [-0.3, -0.25) is 0 Å².